The van der Waals surface area contributed by atoms with Crippen molar-refractivity contribution in [3.8, 4) is 0 Å². The highest BCUT2D eigenvalue weighted by molar-refractivity contribution is 7.93. The lowest BCUT2D eigenvalue weighted by Gasteiger charge is -2.23. The van der Waals surface area contributed by atoms with Crippen molar-refractivity contribution in [2.45, 2.75) is 19.1 Å². The molecule has 90 valence electrons. The smallest absolute Gasteiger partial charge is 0.239 e. The zero-order chi connectivity index (χ0) is 12.3. The standard InChI is InChI=1S/C11H17NO3S/c1-9-5-4-6-11(7-9)12(3)16(14,15)10(2)8-13/h4-7,10,13H,8H2,1-3H3. The number of nitrogens with zero attached hydrogens (tertiary/aromatic N) is 1. The average molecular weight is 243 g/mol. The number of sulfonamides is 1. The summed E-state index contributed by atoms with van der Waals surface area (Å²) in [4.78, 5) is 0. The van der Waals surface area contributed by atoms with E-state index in [0.29, 0.717) is 5.69 Å². The van der Waals surface area contributed by atoms with Crippen LogP contribution in [-0.2, 0) is 10.0 Å². The monoisotopic (exact) mass is 243 g/mol. The van der Waals surface area contributed by atoms with Crippen LogP contribution in [0.5, 0.6) is 0 Å². The molecular formula is C11H17NO3S. The fraction of sp³-hybridized carbons (Fsp3) is 0.455. The molecule has 0 saturated carbocycles. The number of rotatable bonds is 4. The lowest BCUT2D eigenvalue weighted by molar-refractivity contribution is 0.295. The Bertz CT molecular complexity index is 456. The zero-order valence-electron chi connectivity index (χ0n) is 9.71. The highest BCUT2D eigenvalue weighted by Crippen LogP contribution is 2.19. The molecule has 4 nitrogen and oxygen atoms in total. The Morgan fingerprint density at radius 1 is 1.44 bits per heavy atom. The summed E-state index contributed by atoms with van der Waals surface area (Å²) in [6.45, 7) is 3.01. The van der Waals surface area contributed by atoms with E-state index in [4.69, 9.17) is 5.11 Å². The third kappa shape index (κ3) is 2.54. The van der Waals surface area contributed by atoms with Crippen molar-refractivity contribution >= 4 is 15.7 Å². The van der Waals surface area contributed by atoms with Crippen molar-refractivity contribution < 1.29 is 13.5 Å². The van der Waals surface area contributed by atoms with E-state index in [2.05, 4.69) is 0 Å². The largest absolute Gasteiger partial charge is 0.395 e. The molecule has 0 aliphatic carbocycles. The van der Waals surface area contributed by atoms with Crippen LogP contribution in [-0.4, -0.2) is 32.4 Å². The average Bonchev–Trinajstić information content (AvgIpc) is 2.26. The van der Waals surface area contributed by atoms with Gasteiger partial charge in [0.05, 0.1) is 12.3 Å². The summed E-state index contributed by atoms with van der Waals surface area (Å²) in [7, 11) is -1.98. The van der Waals surface area contributed by atoms with E-state index in [-0.39, 0.29) is 6.61 Å². The molecule has 16 heavy (non-hydrogen) atoms. The Morgan fingerprint density at radius 2 is 2.06 bits per heavy atom. The predicted molar refractivity (Wildman–Crippen MR) is 65.0 cm³/mol. The first-order chi connectivity index (χ1) is 7.39. The van der Waals surface area contributed by atoms with E-state index in [1.54, 1.807) is 18.2 Å². The van der Waals surface area contributed by atoms with E-state index in [0.717, 1.165) is 5.56 Å². The Kier molecular flexibility index (Phi) is 3.93. The Labute approximate surface area is 96.6 Å². The molecule has 0 fully saturated rings. The molecule has 1 atom stereocenters. The Morgan fingerprint density at radius 3 is 2.56 bits per heavy atom. The maximum atomic E-state index is 11.9. The molecule has 0 aliphatic rings. The minimum atomic E-state index is -3.48. The van der Waals surface area contributed by atoms with Crippen molar-refractivity contribution in [3.05, 3.63) is 29.8 Å². The molecule has 0 saturated heterocycles. The number of anilines is 1. The fourth-order valence-corrected chi connectivity index (χ4v) is 2.47. The molecule has 1 N–H and O–H groups in total. The van der Waals surface area contributed by atoms with Gasteiger partial charge in [0.2, 0.25) is 10.0 Å². The van der Waals surface area contributed by atoms with Crippen LogP contribution in [0.3, 0.4) is 0 Å². The molecule has 0 spiro atoms. The first-order valence-corrected chi connectivity index (χ1v) is 6.55. The van der Waals surface area contributed by atoms with Gasteiger partial charge in [-0.3, -0.25) is 4.31 Å². The Hall–Kier alpha value is -1.07. The maximum Gasteiger partial charge on any atom is 0.239 e. The second kappa shape index (κ2) is 4.84. The van der Waals surface area contributed by atoms with Crippen molar-refractivity contribution in [1.82, 2.24) is 0 Å². The third-order valence-corrected chi connectivity index (χ3v) is 4.65. The molecule has 1 aromatic carbocycles. The normalized spacial score (nSPS) is 13.5. The van der Waals surface area contributed by atoms with Gasteiger partial charge >= 0.3 is 0 Å². The van der Waals surface area contributed by atoms with Crippen molar-refractivity contribution in [2.24, 2.45) is 0 Å². The number of hydrogen-bond acceptors (Lipinski definition) is 3. The maximum absolute atomic E-state index is 11.9. The molecular weight excluding hydrogens is 226 g/mol. The van der Waals surface area contributed by atoms with Crippen LogP contribution in [0.1, 0.15) is 12.5 Å². The summed E-state index contributed by atoms with van der Waals surface area (Å²) >= 11 is 0. The summed E-state index contributed by atoms with van der Waals surface area (Å²) in [6.07, 6.45) is 0. The van der Waals surface area contributed by atoms with Crippen molar-refractivity contribution in [2.75, 3.05) is 18.0 Å². The highest BCUT2D eigenvalue weighted by Gasteiger charge is 2.25. The summed E-state index contributed by atoms with van der Waals surface area (Å²) < 4.78 is 25.1. The Balaban J connectivity index is 3.07. The van der Waals surface area contributed by atoms with Gasteiger partial charge in [0.1, 0.15) is 5.25 Å². The van der Waals surface area contributed by atoms with E-state index >= 15 is 0 Å². The number of aryl methyl sites for hydroxylation is 1. The molecule has 0 radical (unpaired) electrons. The van der Waals surface area contributed by atoms with Gasteiger partial charge < -0.3 is 5.11 Å². The SMILES string of the molecule is Cc1cccc(N(C)S(=O)(=O)C(C)CO)c1. The first kappa shape index (κ1) is 13.0. The topological polar surface area (TPSA) is 57.6 Å². The number of benzene rings is 1. The molecule has 0 aliphatic heterocycles. The summed E-state index contributed by atoms with van der Waals surface area (Å²) in [6, 6.07) is 7.23. The predicted octanol–water partition coefficient (Wildman–Crippen LogP) is 1.14. The van der Waals surface area contributed by atoms with Gasteiger partial charge in [-0.15, -0.1) is 0 Å². The van der Waals surface area contributed by atoms with Gasteiger partial charge in [-0.2, -0.15) is 0 Å². The molecule has 0 heterocycles. The van der Waals surface area contributed by atoms with Crippen LogP contribution in [0.4, 0.5) is 5.69 Å². The van der Waals surface area contributed by atoms with Crippen LogP contribution in [0.2, 0.25) is 0 Å². The lowest BCUT2D eigenvalue weighted by Crippen LogP contribution is -2.36. The van der Waals surface area contributed by atoms with Gasteiger partial charge in [0.25, 0.3) is 0 Å². The quantitative estimate of drug-likeness (QED) is 0.862. The van der Waals surface area contributed by atoms with Crippen LogP contribution >= 0.6 is 0 Å². The zero-order valence-corrected chi connectivity index (χ0v) is 10.5. The molecule has 0 amide bonds. The van der Waals surface area contributed by atoms with Crippen LogP contribution in [0, 0.1) is 6.92 Å². The highest BCUT2D eigenvalue weighted by atomic mass is 32.2. The van der Waals surface area contributed by atoms with Gasteiger partial charge in [0, 0.05) is 7.05 Å². The van der Waals surface area contributed by atoms with E-state index < -0.39 is 15.3 Å². The van der Waals surface area contributed by atoms with Gasteiger partial charge in [0.15, 0.2) is 0 Å². The molecule has 0 aromatic heterocycles. The second-order valence-corrected chi connectivity index (χ2v) is 6.23. The first-order valence-electron chi connectivity index (χ1n) is 5.05. The van der Waals surface area contributed by atoms with E-state index in [1.165, 1.54) is 18.3 Å². The fourth-order valence-electron chi connectivity index (χ4n) is 1.33. The lowest BCUT2D eigenvalue weighted by atomic mass is 10.2. The van der Waals surface area contributed by atoms with Crippen molar-refractivity contribution in [1.29, 1.82) is 0 Å². The molecule has 1 aromatic rings. The van der Waals surface area contributed by atoms with Crippen LogP contribution < -0.4 is 4.31 Å². The van der Waals surface area contributed by atoms with Gasteiger partial charge in [-0.25, -0.2) is 8.42 Å². The summed E-state index contributed by atoms with van der Waals surface area (Å²) in [5.41, 5.74) is 1.61. The summed E-state index contributed by atoms with van der Waals surface area (Å²) in [5.74, 6) is 0. The number of hydrogen-bond donors (Lipinski definition) is 1. The van der Waals surface area contributed by atoms with Gasteiger partial charge in [-0.1, -0.05) is 12.1 Å². The minimum absolute atomic E-state index is 0.376. The van der Waals surface area contributed by atoms with Crippen molar-refractivity contribution in [3.63, 3.8) is 0 Å². The molecule has 5 heteroatoms. The second-order valence-electron chi connectivity index (χ2n) is 3.84. The van der Waals surface area contributed by atoms with Crippen LogP contribution in [0.25, 0.3) is 0 Å². The summed E-state index contributed by atoms with van der Waals surface area (Å²) in [5, 5.41) is 8.12. The minimum Gasteiger partial charge on any atom is -0.395 e. The van der Waals surface area contributed by atoms with Gasteiger partial charge in [-0.05, 0) is 31.5 Å². The molecule has 0 bridgehead atoms. The molecule has 1 rings (SSSR count). The van der Waals surface area contributed by atoms with E-state index in [9.17, 15) is 8.42 Å². The van der Waals surface area contributed by atoms with E-state index in [1.807, 2.05) is 13.0 Å². The number of aliphatic hydroxyl groups excluding tert-OH is 1. The van der Waals surface area contributed by atoms with Crippen LogP contribution in [0.15, 0.2) is 24.3 Å². The number of aliphatic hydroxyl groups is 1. The molecule has 1 unspecified atom stereocenters. The third-order valence-electron chi connectivity index (χ3n) is 2.51.